The fourth-order valence-electron chi connectivity index (χ4n) is 3.60. The molecule has 30 heavy (non-hydrogen) atoms. The van der Waals surface area contributed by atoms with Crippen molar-refractivity contribution >= 4 is 11.8 Å². The largest absolute Gasteiger partial charge is 0.490 e. The van der Waals surface area contributed by atoms with Crippen molar-refractivity contribution in [2.75, 3.05) is 66.3 Å². The van der Waals surface area contributed by atoms with Crippen LogP contribution in [0, 0.1) is 5.82 Å². The maximum Gasteiger partial charge on any atom is 0.225 e. The highest BCUT2D eigenvalue weighted by atomic mass is 19.1. The SMILES string of the molecule is COCCC(=O)N1CCO[C@](COc2ccc(F)cc2)(CC(=O)N2CCOCC2)C1. The number of nitrogens with zero attached hydrogens (tertiary/aromatic N) is 2. The van der Waals surface area contributed by atoms with Gasteiger partial charge >= 0.3 is 0 Å². The van der Waals surface area contributed by atoms with Gasteiger partial charge in [-0.1, -0.05) is 0 Å². The van der Waals surface area contributed by atoms with Crippen molar-refractivity contribution in [1.82, 2.24) is 9.80 Å². The molecule has 2 amide bonds. The third-order valence-corrected chi connectivity index (χ3v) is 5.27. The second-order valence-corrected chi connectivity index (χ2v) is 7.50. The highest BCUT2D eigenvalue weighted by Gasteiger charge is 2.42. The molecular formula is C21H29FN2O6. The normalized spacial score (nSPS) is 22.1. The summed E-state index contributed by atoms with van der Waals surface area (Å²) in [4.78, 5) is 28.9. The number of carbonyl (C=O) groups is 2. The van der Waals surface area contributed by atoms with E-state index in [0.29, 0.717) is 51.8 Å². The molecule has 1 atom stereocenters. The molecule has 0 unspecified atom stereocenters. The Labute approximate surface area is 175 Å². The summed E-state index contributed by atoms with van der Waals surface area (Å²) in [5.74, 6) is 0.00162. The topological polar surface area (TPSA) is 77.5 Å². The third-order valence-electron chi connectivity index (χ3n) is 5.27. The molecule has 0 radical (unpaired) electrons. The first-order valence-corrected chi connectivity index (χ1v) is 10.2. The Morgan fingerprint density at radius 3 is 2.47 bits per heavy atom. The molecule has 2 saturated heterocycles. The molecule has 166 valence electrons. The van der Waals surface area contributed by atoms with Crippen LogP contribution in [-0.4, -0.2) is 93.5 Å². The van der Waals surface area contributed by atoms with Crippen LogP contribution < -0.4 is 4.74 Å². The number of methoxy groups -OCH3 is 1. The number of benzene rings is 1. The van der Waals surface area contributed by atoms with Crippen molar-refractivity contribution in [3.05, 3.63) is 30.1 Å². The Hall–Kier alpha value is -2.23. The van der Waals surface area contributed by atoms with Gasteiger partial charge in [0, 0.05) is 26.7 Å². The van der Waals surface area contributed by atoms with Crippen LogP contribution >= 0.6 is 0 Å². The monoisotopic (exact) mass is 424 g/mol. The van der Waals surface area contributed by atoms with Crippen LogP contribution in [0.25, 0.3) is 0 Å². The number of rotatable bonds is 8. The van der Waals surface area contributed by atoms with Gasteiger partial charge in [0.2, 0.25) is 11.8 Å². The lowest BCUT2D eigenvalue weighted by atomic mass is 9.96. The minimum Gasteiger partial charge on any atom is -0.490 e. The second kappa shape index (κ2) is 10.7. The van der Waals surface area contributed by atoms with Crippen molar-refractivity contribution in [2.45, 2.75) is 18.4 Å². The average Bonchev–Trinajstić information content (AvgIpc) is 2.78. The third kappa shape index (κ3) is 6.13. The predicted octanol–water partition coefficient (Wildman–Crippen LogP) is 1.09. The molecular weight excluding hydrogens is 395 g/mol. The Morgan fingerprint density at radius 2 is 1.77 bits per heavy atom. The van der Waals surface area contributed by atoms with Crippen molar-refractivity contribution in [1.29, 1.82) is 0 Å². The second-order valence-electron chi connectivity index (χ2n) is 7.50. The molecule has 2 fully saturated rings. The van der Waals surface area contributed by atoms with E-state index in [1.807, 2.05) is 0 Å². The van der Waals surface area contributed by atoms with E-state index in [-0.39, 0.29) is 43.6 Å². The number of amides is 2. The lowest BCUT2D eigenvalue weighted by Crippen LogP contribution is -2.58. The van der Waals surface area contributed by atoms with Gasteiger partial charge in [-0.3, -0.25) is 9.59 Å². The summed E-state index contributed by atoms with van der Waals surface area (Å²) in [5, 5.41) is 0. The number of halogens is 1. The van der Waals surface area contributed by atoms with Crippen LogP contribution in [0.15, 0.2) is 24.3 Å². The van der Waals surface area contributed by atoms with Crippen LogP contribution in [-0.2, 0) is 23.8 Å². The van der Waals surface area contributed by atoms with Gasteiger partial charge in [0.1, 0.15) is 23.8 Å². The maximum absolute atomic E-state index is 13.2. The van der Waals surface area contributed by atoms with Crippen molar-refractivity contribution in [3.63, 3.8) is 0 Å². The molecule has 2 aliphatic rings. The molecule has 1 aromatic rings. The zero-order chi connectivity index (χ0) is 21.4. The summed E-state index contributed by atoms with van der Waals surface area (Å²) in [5.41, 5.74) is -0.981. The lowest BCUT2D eigenvalue weighted by molar-refractivity contribution is -0.167. The maximum atomic E-state index is 13.2. The van der Waals surface area contributed by atoms with E-state index in [1.54, 1.807) is 16.9 Å². The zero-order valence-electron chi connectivity index (χ0n) is 17.3. The Bertz CT molecular complexity index is 710. The molecule has 9 heteroatoms. The summed E-state index contributed by atoms with van der Waals surface area (Å²) in [6.07, 6.45) is 0.352. The molecule has 2 aliphatic heterocycles. The van der Waals surface area contributed by atoms with Crippen LogP contribution in [0.3, 0.4) is 0 Å². The van der Waals surface area contributed by atoms with Gasteiger partial charge in [0.05, 0.1) is 45.8 Å². The van der Waals surface area contributed by atoms with Gasteiger partial charge in [-0.05, 0) is 24.3 Å². The number of carbonyl (C=O) groups excluding carboxylic acids is 2. The molecule has 2 heterocycles. The first-order valence-electron chi connectivity index (χ1n) is 10.2. The summed E-state index contributed by atoms with van der Waals surface area (Å²) in [7, 11) is 1.55. The van der Waals surface area contributed by atoms with Gasteiger partial charge in [0.15, 0.2) is 0 Å². The van der Waals surface area contributed by atoms with E-state index in [2.05, 4.69) is 0 Å². The van der Waals surface area contributed by atoms with Crippen LogP contribution in [0.4, 0.5) is 4.39 Å². The van der Waals surface area contributed by atoms with Gasteiger partial charge < -0.3 is 28.7 Å². The number of ether oxygens (including phenoxy) is 4. The fraction of sp³-hybridized carbons (Fsp3) is 0.619. The Kier molecular flexibility index (Phi) is 8.01. The van der Waals surface area contributed by atoms with Gasteiger partial charge in [0.25, 0.3) is 0 Å². The minimum atomic E-state index is -0.981. The first kappa shape index (κ1) is 22.5. The molecule has 0 aromatic heterocycles. The van der Waals surface area contributed by atoms with E-state index in [1.165, 1.54) is 24.3 Å². The predicted molar refractivity (Wildman–Crippen MR) is 106 cm³/mol. The number of hydrogen-bond donors (Lipinski definition) is 0. The Balaban J connectivity index is 1.71. The van der Waals surface area contributed by atoms with Gasteiger partial charge in [-0.25, -0.2) is 4.39 Å². The lowest BCUT2D eigenvalue weighted by Gasteiger charge is -2.43. The summed E-state index contributed by atoms with van der Waals surface area (Å²) in [6, 6.07) is 5.67. The molecule has 0 aliphatic carbocycles. The summed E-state index contributed by atoms with van der Waals surface area (Å²) in [6.45, 7) is 3.49. The van der Waals surface area contributed by atoms with Gasteiger partial charge in [-0.2, -0.15) is 0 Å². The van der Waals surface area contributed by atoms with Crippen molar-refractivity contribution in [2.24, 2.45) is 0 Å². The van der Waals surface area contributed by atoms with E-state index in [4.69, 9.17) is 18.9 Å². The average molecular weight is 424 g/mol. The molecule has 0 N–H and O–H groups in total. The smallest absolute Gasteiger partial charge is 0.225 e. The van der Waals surface area contributed by atoms with Crippen LogP contribution in [0.1, 0.15) is 12.8 Å². The molecule has 0 saturated carbocycles. The van der Waals surface area contributed by atoms with E-state index >= 15 is 0 Å². The minimum absolute atomic E-state index is 0.0508. The molecule has 0 bridgehead atoms. The van der Waals surface area contributed by atoms with Crippen molar-refractivity contribution < 1.29 is 32.9 Å². The zero-order valence-corrected chi connectivity index (χ0v) is 17.3. The van der Waals surface area contributed by atoms with E-state index < -0.39 is 5.60 Å². The van der Waals surface area contributed by atoms with Crippen molar-refractivity contribution in [3.8, 4) is 5.75 Å². The molecule has 3 rings (SSSR count). The standard InChI is InChI=1S/C21H29FN2O6/c1-27-10-6-19(25)24-9-13-30-21(15-24,14-20(26)23-7-11-28-12-8-23)16-29-18-4-2-17(22)3-5-18/h2-5H,6-16H2,1H3/t21-/m1/s1. The Morgan fingerprint density at radius 1 is 1.07 bits per heavy atom. The highest BCUT2D eigenvalue weighted by Crippen LogP contribution is 2.26. The highest BCUT2D eigenvalue weighted by molar-refractivity contribution is 5.79. The van der Waals surface area contributed by atoms with Crippen LogP contribution in [0.5, 0.6) is 5.75 Å². The summed E-state index contributed by atoms with van der Waals surface area (Å²) < 4.78 is 35.4. The van der Waals surface area contributed by atoms with E-state index in [9.17, 15) is 14.0 Å². The molecule has 8 nitrogen and oxygen atoms in total. The first-order chi connectivity index (χ1) is 14.5. The fourth-order valence-corrected chi connectivity index (χ4v) is 3.60. The molecule has 1 aromatic carbocycles. The number of hydrogen-bond acceptors (Lipinski definition) is 6. The van der Waals surface area contributed by atoms with Gasteiger partial charge in [-0.15, -0.1) is 0 Å². The van der Waals surface area contributed by atoms with E-state index in [0.717, 1.165) is 0 Å². The van der Waals surface area contributed by atoms with Crippen LogP contribution in [0.2, 0.25) is 0 Å². The summed E-state index contributed by atoms with van der Waals surface area (Å²) >= 11 is 0. The quantitative estimate of drug-likeness (QED) is 0.622. The molecule has 0 spiro atoms. The number of morpholine rings is 2.